The Bertz CT molecular complexity index is 752. The molecule has 2 aromatic rings. The minimum atomic E-state index is -1.78. The molecule has 126 valence electrons. The molecule has 7 heteroatoms. The van der Waals surface area contributed by atoms with Gasteiger partial charge in [-0.2, -0.15) is 0 Å². The maximum absolute atomic E-state index is 13.6. The molecule has 0 radical (unpaired) electrons. The summed E-state index contributed by atoms with van der Waals surface area (Å²) in [5, 5.41) is 2.16. The first-order chi connectivity index (χ1) is 11.3. The SMILES string of the molecule is CC(CC(=O)c1ccccc1)NC(=O)c1c(F)c(F)cc(F)c1F. The maximum atomic E-state index is 13.6. The quantitative estimate of drug-likeness (QED) is 0.514. The summed E-state index contributed by atoms with van der Waals surface area (Å²) in [4.78, 5) is 23.9. The molecule has 0 saturated heterocycles. The molecule has 1 unspecified atom stereocenters. The Balaban J connectivity index is 2.11. The standard InChI is InChI=1S/C17H13F4NO2/c1-9(7-13(23)10-5-3-2-4-6-10)22-17(24)14-15(20)11(18)8-12(19)16(14)21/h2-6,8-9H,7H2,1H3,(H,22,24). The molecule has 24 heavy (non-hydrogen) atoms. The van der Waals surface area contributed by atoms with E-state index in [0.717, 1.165) is 0 Å². The summed E-state index contributed by atoms with van der Waals surface area (Å²) in [7, 11) is 0. The van der Waals surface area contributed by atoms with E-state index in [4.69, 9.17) is 0 Å². The molecule has 0 fully saturated rings. The molecule has 3 nitrogen and oxygen atoms in total. The predicted molar refractivity (Wildman–Crippen MR) is 78.6 cm³/mol. The molecule has 0 bridgehead atoms. The van der Waals surface area contributed by atoms with Crippen LogP contribution in [0.15, 0.2) is 36.4 Å². The monoisotopic (exact) mass is 339 g/mol. The number of rotatable bonds is 5. The third-order valence-corrected chi connectivity index (χ3v) is 3.30. The van der Waals surface area contributed by atoms with Gasteiger partial charge in [-0.25, -0.2) is 17.6 Å². The summed E-state index contributed by atoms with van der Waals surface area (Å²) in [5.74, 6) is -8.55. The van der Waals surface area contributed by atoms with Crippen molar-refractivity contribution >= 4 is 11.7 Å². The van der Waals surface area contributed by atoms with E-state index in [9.17, 15) is 27.2 Å². The van der Waals surface area contributed by atoms with Crippen LogP contribution in [-0.2, 0) is 0 Å². The van der Waals surface area contributed by atoms with Crippen molar-refractivity contribution in [3.8, 4) is 0 Å². The van der Waals surface area contributed by atoms with Crippen molar-refractivity contribution in [2.75, 3.05) is 0 Å². The average molecular weight is 339 g/mol. The minimum Gasteiger partial charge on any atom is -0.349 e. The maximum Gasteiger partial charge on any atom is 0.257 e. The molecule has 2 rings (SSSR count). The third kappa shape index (κ3) is 3.79. The summed E-state index contributed by atoms with van der Waals surface area (Å²) in [5.41, 5.74) is -0.945. The van der Waals surface area contributed by atoms with Crippen LogP contribution in [0.1, 0.15) is 34.1 Å². The van der Waals surface area contributed by atoms with Crippen molar-refractivity contribution in [3.63, 3.8) is 0 Å². The number of halogens is 4. The molecule has 0 aliphatic rings. The Morgan fingerprint density at radius 1 is 1.00 bits per heavy atom. The number of hydrogen-bond donors (Lipinski definition) is 1. The first-order valence-electron chi connectivity index (χ1n) is 7.03. The Morgan fingerprint density at radius 3 is 2.08 bits per heavy atom. The van der Waals surface area contributed by atoms with Crippen molar-refractivity contribution in [1.29, 1.82) is 0 Å². The second-order valence-electron chi connectivity index (χ2n) is 5.21. The van der Waals surface area contributed by atoms with Crippen LogP contribution in [0.4, 0.5) is 17.6 Å². The Morgan fingerprint density at radius 2 is 1.54 bits per heavy atom. The number of benzene rings is 2. The van der Waals surface area contributed by atoms with Crippen LogP contribution >= 0.6 is 0 Å². The first-order valence-corrected chi connectivity index (χ1v) is 7.03. The van der Waals surface area contributed by atoms with Crippen molar-refractivity contribution < 1.29 is 27.2 Å². The van der Waals surface area contributed by atoms with E-state index in [2.05, 4.69) is 5.32 Å². The molecular weight excluding hydrogens is 326 g/mol. The zero-order valence-electron chi connectivity index (χ0n) is 12.6. The number of carbonyl (C=O) groups excluding carboxylic acids is 2. The normalized spacial score (nSPS) is 11.9. The largest absolute Gasteiger partial charge is 0.349 e. The lowest BCUT2D eigenvalue weighted by atomic mass is 10.0. The fraction of sp³-hybridized carbons (Fsp3) is 0.176. The van der Waals surface area contributed by atoms with Crippen LogP contribution in [0, 0.1) is 23.3 Å². The van der Waals surface area contributed by atoms with Gasteiger partial charge in [-0.15, -0.1) is 0 Å². The lowest BCUT2D eigenvalue weighted by Crippen LogP contribution is -2.35. The zero-order chi connectivity index (χ0) is 17.9. The smallest absolute Gasteiger partial charge is 0.257 e. The second-order valence-corrected chi connectivity index (χ2v) is 5.21. The number of ketones is 1. The first kappa shape index (κ1) is 17.7. The van der Waals surface area contributed by atoms with E-state index in [1.54, 1.807) is 30.3 Å². The van der Waals surface area contributed by atoms with Gasteiger partial charge < -0.3 is 5.32 Å². The molecule has 1 N–H and O–H groups in total. The lowest BCUT2D eigenvalue weighted by Gasteiger charge is -2.14. The van der Waals surface area contributed by atoms with Crippen LogP contribution in [0.5, 0.6) is 0 Å². The van der Waals surface area contributed by atoms with Gasteiger partial charge in [-0.05, 0) is 6.92 Å². The fourth-order valence-corrected chi connectivity index (χ4v) is 2.14. The van der Waals surface area contributed by atoms with Gasteiger partial charge in [-0.1, -0.05) is 30.3 Å². The highest BCUT2D eigenvalue weighted by atomic mass is 19.2. The van der Waals surface area contributed by atoms with E-state index in [-0.39, 0.29) is 18.3 Å². The van der Waals surface area contributed by atoms with Crippen molar-refractivity contribution in [2.24, 2.45) is 0 Å². The average Bonchev–Trinajstić information content (AvgIpc) is 2.54. The van der Waals surface area contributed by atoms with E-state index in [0.29, 0.717) is 5.56 Å². The van der Waals surface area contributed by atoms with Gasteiger partial charge in [0.15, 0.2) is 29.1 Å². The highest BCUT2D eigenvalue weighted by Gasteiger charge is 2.26. The number of carbonyl (C=O) groups is 2. The summed E-state index contributed by atoms with van der Waals surface area (Å²) in [6.45, 7) is 1.43. The van der Waals surface area contributed by atoms with E-state index in [1.807, 2.05) is 0 Å². The van der Waals surface area contributed by atoms with Crippen LogP contribution in [0.25, 0.3) is 0 Å². The van der Waals surface area contributed by atoms with Crippen molar-refractivity contribution in [3.05, 3.63) is 70.8 Å². The molecule has 0 saturated carbocycles. The van der Waals surface area contributed by atoms with E-state index >= 15 is 0 Å². The second kappa shape index (κ2) is 7.25. The van der Waals surface area contributed by atoms with Gasteiger partial charge in [0.05, 0.1) is 0 Å². The summed E-state index contributed by atoms with van der Waals surface area (Å²) in [6.07, 6.45) is -0.142. The minimum absolute atomic E-state index is 0.0177. The highest BCUT2D eigenvalue weighted by Crippen LogP contribution is 2.19. The van der Waals surface area contributed by atoms with Crippen LogP contribution in [0.2, 0.25) is 0 Å². The molecule has 0 heterocycles. The van der Waals surface area contributed by atoms with Crippen LogP contribution < -0.4 is 5.32 Å². The highest BCUT2D eigenvalue weighted by molar-refractivity contribution is 5.98. The van der Waals surface area contributed by atoms with Gasteiger partial charge >= 0.3 is 0 Å². The molecule has 0 aliphatic carbocycles. The van der Waals surface area contributed by atoms with Crippen LogP contribution in [0.3, 0.4) is 0 Å². The van der Waals surface area contributed by atoms with Gasteiger partial charge in [-0.3, -0.25) is 9.59 Å². The van der Waals surface area contributed by atoms with Gasteiger partial charge in [0.25, 0.3) is 5.91 Å². The molecule has 1 atom stereocenters. The summed E-state index contributed by atoms with van der Waals surface area (Å²) < 4.78 is 53.4. The molecule has 2 aromatic carbocycles. The molecule has 0 aromatic heterocycles. The molecule has 0 aliphatic heterocycles. The predicted octanol–water partition coefficient (Wildman–Crippen LogP) is 3.63. The zero-order valence-corrected chi connectivity index (χ0v) is 12.6. The van der Waals surface area contributed by atoms with Crippen LogP contribution in [-0.4, -0.2) is 17.7 Å². The van der Waals surface area contributed by atoms with Crippen molar-refractivity contribution in [2.45, 2.75) is 19.4 Å². The molecular formula is C17H13F4NO2. The summed E-state index contributed by atoms with van der Waals surface area (Å²) >= 11 is 0. The van der Waals surface area contributed by atoms with Crippen molar-refractivity contribution in [1.82, 2.24) is 5.32 Å². The van der Waals surface area contributed by atoms with E-state index in [1.165, 1.54) is 6.92 Å². The van der Waals surface area contributed by atoms with Gasteiger partial charge in [0.1, 0.15) is 5.56 Å². The Hall–Kier alpha value is -2.70. The Labute approximate surface area is 135 Å². The fourth-order valence-electron chi connectivity index (χ4n) is 2.14. The lowest BCUT2D eigenvalue weighted by molar-refractivity contribution is 0.0910. The number of nitrogens with one attached hydrogen (secondary N) is 1. The number of Topliss-reactive ketones (excluding diaryl/α,β-unsaturated/α-hetero) is 1. The topological polar surface area (TPSA) is 46.2 Å². The third-order valence-electron chi connectivity index (χ3n) is 3.30. The van der Waals surface area contributed by atoms with Gasteiger partial charge in [0.2, 0.25) is 0 Å². The number of hydrogen-bond acceptors (Lipinski definition) is 2. The number of amides is 1. The van der Waals surface area contributed by atoms with Gasteiger partial charge in [0, 0.05) is 24.1 Å². The molecule has 1 amide bonds. The summed E-state index contributed by atoms with van der Waals surface area (Å²) in [6, 6.07) is 7.44. The molecule has 0 spiro atoms. The Kier molecular flexibility index (Phi) is 5.33. The van der Waals surface area contributed by atoms with E-state index < -0.39 is 40.8 Å².